The van der Waals surface area contributed by atoms with Crippen molar-refractivity contribution in [2.75, 3.05) is 23.7 Å². The highest BCUT2D eigenvalue weighted by Crippen LogP contribution is 2.25. The summed E-state index contributed by atoms with van der Waals surface area (Å²) in [6.45, 7) is 6.87. The predicted molar refractivity (Wildman–Crippen MR) is 166 cm³/mol. The summed E-state index contributed by atoms with van der Waals surface area (Å²) in [6, 6.07) is 24.4. The molecule has 0 saturated heterocycles. The maximum Gasteiger partial charge on any atom is 0.243 e. The van der Waals surface area contributed by atoms with Crippen molar-refractivity contribution >= 4 is 27.5 Å². The van der Waals surface area contributed by atoms with Crippen LogP contribution in [0.1, 0.15) is 54.9 Å². The molecule has 0 aliphatic heterocycles. The van der Waals surface area contributed by atoms with Crippen LogP contribution in [-0.4, -0.2) is 50.5 Å². The summed E-state index contributed by atoms with van der Waals surface area (Å²) in [7, 11) is -3.56. The van der Waals surface area contributed by atoms with E-state index in [2.05, 4.69) is 12.2 Å². The molecule has 0 aliphatic rings. The van der Waals surface area contributed by atoms with E-state index in [9.17, 15) is 18.0 Å². The van der Waals surface area contributed by atoms with Gasteiger partial charge in [-0.25, -0.2) is 8.42 Å². The van der Waals surface area contributed by atoms with E-state index in [1.165, 1.54) is 10.6 Å². The number of rotatable bonds is 15. The van der Waals surface area contributed by atoms with E-state index >= 15 is 0 Å². The third-order valence-electron chi connectivity index (χ3n) is 7.08. The molecule has 1 atom stereocenters. The minimum atomic E-state index is -3.56. The largest absolute Gasteiger partial charge is 0.354 e. The Kier molecular flexibility index (Phi) is 12.0. The molecule has 0 aliphatic carbocycles. The van der Waals surface area contributed by atoms with Gasteiger partial charge in [-0.3, -0.25) is 13.9 Å². The number of carbonyl (C=O) groups excluding carboxylic acids is 2. The van der Waals surface area contributed by atoms with Gasteiger partial charge in [-0.05, 0) is 55.0 Å². The Morgan fingerprint density at radius 2 is 1.51 bits per heavy atom. The van der Waals surface area contributed by atoms with E-state index in [0.29, 0.717) is 25.1 Å². The minimum Gasteiger partial charge on any atom is -0.354 e. The lowest BCUT2D eigenvalue weighted by molar-refractivity contribution is -0.141. The van der Waals surface area contributed by atoms with Crippen LogP contribution in [0.15, 0.2) is 78.9 Å². The second-order valence-electron chi connectivity index (χ2n) is 10.6. The number of aryl methyl sites for hydroxylation is 2. The number of amides is 2. The molecular formula is C33H43N3O4S. The Morgan fingerprint density at radius 3 is 2.12 bits per heavy atom. The summed E-state index contributed by atoms with van der Waals surface area (Å²) in [5.74, 6) is -0.366. The van der Waals surface area contributed by atoms with Crippen molar-refractivity contribution in [3.05, 3.63) is 101 Å². The Labute approximate surface area is 245 Å². The van der Waals surface area contributed by atoms with E-state index in [1.54, 1.807) is 4.90 Å². The van der Waals surface area contributed by atoms with Crippen LogP contribution in [0.3, 0.4) is 0 Å². The lowest BCUT2D eigenvalue weighted by Crippen LogP contribution is -2.50. The molecule has 0 saturated carbocycles. The average Bonchev–Trinajstić information content (AvgIpc) is 2.95. The zero-order valence-electron chi connectivity index (χ0n) is 24.7. The minimum absolute atomic E-state index is 0.108. The van der Waals surface area contributed by atoms with E-state index in [-0.39, 0.29) is 31.3 Å². The van der Waals surface area contributed by atoms with Gasteiger partial charge < -0.3 is 10.2 Å². The first-order valence-electron chi connectivity index (χ1n) is 14.3. The second kappa shape index (κ2) is 15.4. The standard InChI is InChI=1S/C33H43N3O4S/c1-5-6-21-34-33(38)31(24-28-14-9-7-10-15-28)35(25-29-16-11-8-12-17-29)32(37)18-13-22-36(41(4,39)40)30-23-26(2)19-20-27(30)3/h7-12,14-17,19-20,23,31H,5-6,13,18,21-22,24-25H2,1-4H3,(H,34,38). The molecule has 0 aromatic heterocycles. The lowest BCUT2D eigenvalue weighted by Gasteiger charge is -2.32. The number of anilines is 1. The van der Waals surface area contributed by atoms with Crippen LogP contribution >= 0.6 is 0 Å². The average molecular weight is 578 g/mol. The normalized spacial score (nSPS) is 12.0. The first-order valence-corrected chi connectivity index (χ1v) is 16.1. The SMILES string of the molecule is CCCCNC(=O)C(Cc1ccccc1)N(Cc1ccccc1)C(=O)CCCN(c1cc(C)ccc1C)S(C)(=O)=O. The third kappa shape index (κ3) is 9.74. The number of nitrogens with zero attached hydrogens (tertiary/aromatic N) is 2. The van der Waals surface area contributed by atoms with Crippen molar-refractivity contribution < 1.29 is 18.0 Å². The van der Waals surface area contributed by atoms with Crippen molar-refractivity contribution in [1.82, 2.24) is 10.2 Å². The molecule has 0 fully saturated rings. The van der Waals surface area contributed by atoms with Crippen LogP contribution in [0.2, 0.25) is 0 Å². The lowest BCUT2D eigenvalue weighted by atomic mass is 10.0. The summed E-state index contributed by atoms with van der Waals surface area (Å²) in [4.78, 5) is 29.1. The zero-order valence-corrected chi connectivity index (χ0v) is 25.5. The van der Waals surface area contributed by atoms with Gasteiger partial charge in [0.05, 0.1) is 11.9 Å². The molecule has 3 aromatic rings. The number of benzene rings is 3. The quantitative estimate of drug-likeness (QED) is 0.245. The number of sulfonamides is 1. The van der Waals surface area contributed by atoms with Gasteiger partial charge >= 0.3 is 0 Å². The molecule has 3 rings (SSSR count). The highest BCUT2D eigenvalue weighted by Gasteiger charge is 2.30. The van der Waals surface area contributed by atoms with E-state index in [0.717, 1.165) is 35.1 Å². The first-order chi connectivity index (χ1) is 19.6. The molecule has 2 amide bonds. The van der Waals surface area contributed by atoms with Gasteiger partial charge in [-0.1, -0.05) is 86.1 Å². The summed E-state index contributed by atoms with van der Waals surface area (Å²) in [5, 5.41) is 3.03. The number of nitrogens with one attached hydrogen (secondary N) is 1. The molecule has 0 radical (unpaired) electrons. The molecule has 7 nitrogen and oxygen atoms in total. The fraction of sp³-hybridized carbons (Fsp3) is 0.394. The van der Waals surface area contributed by atoms with Crippen molar-refractivity contribution in [3.8, 4) is 0 Å². The van der Waals surface area contributed by atoms with Crippen LogP contribution in [0, 0.1) is 13.8 Å². The fourth-order valence-electron chi connectivity index (χ4n) is 4.81. The summed E-state index contributed by atoms with van der Waals surface area (Å²) in [6.07, 6.45) is 3.81. The van der Waals surface area contributed by atoms with Gasteiger partial charge in [0.2, 0.25) is 21.8 Å². The number of hydrogen-bond donors (Lipinski definition) is 1. The maximum atomic E-state index is 13.9. The summed E-state index contributed by atoms with van der Waals surface area (Å²) in [5.41, 5.74) is 4.32. The summed E-state index contributed by atoms with van der Waals surface area (Å²) >= 11 is 0. The number of hydrogen-bond acceptors (Lipinski definition) is 4. The molecular weight excluding hydrogens is 534 g/mol. The van der Waals surface area contributed by atoms with Crippen molar-refractivity contribution in [2.45, 2.75) is 65.5 Å². The van der Waals surface area contributed by atoms with Gasteiger partial charge in [-0.15, -0.1) is 0 Å². The summed E-state index contributed by atoms with van der Waals surface area (Å²) < 4.78 is 26.9. The number of unbranched alkanes of at least 4 members (excludes halogenated alkanes) is 1. The van der Waals surface area contributed by atoms with Crippen molar-refractivity contribution in [3.63, 3.8) is 0 Å². The maximum absolute atomic E-state index is 13.9. The van der Waals surface area contributed by atoms with Gasteiger partial charge in [-0.2, -0.15) is 0 Å². The molecule has 41 heavy (non-hydrogen) atoms. The Morgan fingerprint density at radius 1 is 0.878 bits per heavy atom. The highest BCUT2D eigenvalue weighted by molar-refractivity contribution is 7.92. The van der Waals surface area contributed by atoms with Gasteiger partial charge in [0.1, 0.15) is 6.04 Å². The Hall–Kier alpha value is -3.65. The van der Waals surface area contributed by atoms with Crippen molar-refractivity contribution in [2.24, 2.45) is 0 Å². The molecule has 220 valence electrons. The molecule has 0 bridgehead atoms. The van der Waals surface area contributed by atoms with Crippen LogP contribution in [-0.2, 0) is 32.6 Å². The fourth-order valence-corrected chi connectivity index (χ4v) is 5.83. The van der Waals surface area contributed by atoms with E-state index in [4.69, 9.17) is 0 Å². The second-order valence-corrected chi connectivity index (χ2v) is 12.5. The number of carbonyl (C=O) groups is 2. The molecule has 1 N–H and O–H groups in total. The monoisotopic (exact) mass is 577 g/mol. The molecule has 1 unspecified atom stereocenters. The van der Waals surface area contributed by atoms with Crippen LogP contribution < -0.4 is 9.62 Å². The van der Waals surface area contributed by atoms with Crippen LogP contribution in [0.5, 0.6) is 0 Å². The zero-order chi connectivity index (χ0) is 29.8. The van der Waals surface area contributed by atoms with Gasteiger partial charge in [0.15, 0.2) is 0 Å². The van der Waals surface area contributed by atoms with Crippen LogP contribution in [0.25, 0.3) is 0 Å². The smallest absolute Gasteiger partial charge is 0.243 e. The third-order valence-corrected chi connectivity index (χ3v) is 8.26. The van der Waals surface area contributed by atoms with Gasteiger partial charge in [0, 0.05) is 32.5 Å². The Bertz CT molecular complexity index is 1380. The molecule has 3 aromatic carbocycles. The van der Waals surface area contributed by atoms with Crippen LogP contribution in [0.4, 0.5) is 5.69 Å². The molecule has 0 heterocycles. The molecule has 0 spiro atoms. The highest BCUT2D eigenvalue weighted by atomic mass is 32.2. The first kappa shape index (κ1) is 31.9. The predicted octanol–water partition coefficient (Wildman–Crippen LogP) is 5.41. The molecule has 8 heteroatoms. The van der Waals surface area contributed by atoms with E-state index in [1.807, 2.05) is 92.7 Å². The van der Waals surface area contributed by atoms with Crippen molar-refractivity contribution in [1.29, 1.82) is 0 Å². The van der Waals surface area contributed by atoms with Gasteiger partial charge in [0.25, 0.3) is 0 Å². The van der Waals surface area contributed by atoms with E-state index < -0.39 is 16.1 Å². The Balaban J connectivity index is 1.86. The topological polar surface area (TPSA) is 86.8 Å².